The van der Waals surface area contributed by atoms with E-state index in [9.17, 15) is 13.2 Å². The maximum atomic E-state index is 12.2. The molecule has 0 aliphatic rings. The Balaban J connectivity index is 3.30. The third-order valence-electron chi connectivity index (χ3n) is 2.88. The van der Waals surface area contributed by atoms with Crippen molar-refractivity contribution in [2.24, 2.45) is 0 Å². The van der Waals surface area contributed by atoms with E-state index in [1.54, 1.807) is 26.8 Å². The third-order valence-corrected chi connectivity index (χ3v) is 4.74. The maximum Gasteiger partial charge on any atom is 0.335 e. The summed E-state index contributed by atoms with van der Waals surface area (Å²) in [5.74, 6) is -1.17. The zero-order chi connectivity index (χ0) is 14.8. The molecule has 1 N–H and O–H groups in total. The molecule has 0 heterocycles. The zero-order valence-electron chi connectivity index (χ0n) is 11.4. The smallest absolute Gasteiger partial charge is 0.335 e. The molecule has 0 aliphatic heterocycles. The van der Waals surface area contributed by atoms with Gasteiger partial charge in [0.25, 0.3) is 0 Å². The van der Waals surface area contributed by atoms with Gasteiger partial charge >= 0.3 is 5.97 Å². The van der Waals surface area contributed by atoms with E-state index in [0.29, 0.717) is 17.5 Å². The number of carbonyl (C=O) groups is 1. The first-order valence-corrected chi connectivity index (χ1v) is 7.52. The van der Waals surface area contributed by atoms with E-state index in [1.807, 2.05) is 0 Å². The van der Waals surface area contributed by atoms with Gasteiger partial charge in [-0.2, -0.15) is 0 Å². The molecule has 0 bridgehead atoms. The topological polar surface area (TPSA) is 71.4 Å². The van der Waals surface area contributed by atoms with Gasteiger partial charge in [-0.3, -0.25) is 0 Å². The van der Waals surface area contributed by atoms with Gasteiger partial charge in [0.2, 0.25) is 0 Å². The van der Waals surface area contributed by atoms with Crippen LogP contribution in [-0.2, 0) is 9.84 Å². The van der Waals surface area contributed by atoms with E-state index in [-0.39, 0.29) is 16.2 Å². The highest BCUT2D eigenvalue weighted by molar-refractivity contribution is 7.91. The van der Waals surface area contributed by atoms with Crippen LogP contribution in [0.4, 0.5) is 0 Å². The minimum atomic E-state index is -3.48. The van der Waals surface area contributed by atoms with E-state index in [2.05, 4.69) is 6.58 Å². The molecule has 0 radical (unpaired) electrons. The quantitative estimate of drug-likeness (QED) is 0.843. The van der Waals surface area contributed by atoms with Crippen LogP contribution >= 0.6 is 0 Å². The summed E-state index contributed by atoms with van der Waals surface area (Å²) in [4.78, 5) is 11.2. The second-order valence-corrected chi connectivity index (χ2v) is 6.84. The average Bonchev–Trinajstić information content (AvgIpc) is 2.25. The van der Waals surface area contributed by atoms with Crippen molar-refractivity contribution in [2.45, 2.75) is 32.1 Å². The fourth-order valence-corrected chi connectivity index (χ4v) is 3.50. The van der Waals surface area contributed by atoms with Crippen LogP contribution < -0.4 is 0 Å². The highest BCUT2D eigenvalue weighted by Gasteiger charge is 2.20. The normalized spacial score (nSPS) is 11.3. The third kappa shape index (κ3) is 3.67. The van der Waals surface area contributed by atoms with Gasteiger partial charge in [0.1, 0.15) is 0 Å². The Bertz CT molecular complexity index is 627. The number of aryl methyl sites for hydroxylation is 2. The lowest BCUT2D eigenvalue weighted by molar-refractivity contribution is 0.0696. The number of carboxylic acid groups (broad SMARTS) is 1. The van der Waals surface area contributed by atoms with E-state index in [4.69, 9.17) is 5.11 Å². The molecular formula is C14H18O4S. The minimum Gasteiger partial charge on any atom is -0.478 e. The molecule has 0 unspecified atom stereocenters. The van der Waals surface area contributed by atoms with Crippen molar-refractivity contribution < 1.29 is 18.3 Å². The van der Waals surface area contributed by atoms with Gasteiger partial charge < -0.3 is 5.11 Å². The zero-order valence-corrected chi connectivity index (χ0v) is 12.2. The van der Waals surface area contributed by atoms with Gasteiger partial charge in [0.15, 0.2) is 9.84 Å². The highest BCUT2D eigenvalue weighted by atomic mass is 32.2. The summed E-state index contributed by atoms with van der Waals surface area (Å²) in [7, 11) is -3.48. The van der Waals surface area contributed by atoms with Gasteiger partial charge in [-0.05, 0) is 44.4 Å². The van der Waals surface area contributed by atoms with Gasteiger partial charge in [-0.1, -0.05) is 11.6 Å². The summed E-state index contributed by atoms with van der Waals surface area (Å²) in [6, 6.07) is 2.85. The summed E-state index contributed by atoms with van der Waals surface area (Å²) in [5, 5.41) is 9.06. The monoisotopic (exact) mass is 282 g/mol. The fraction of sp³-hybridized carbons (Fsp3) is 0.357. The predicted molar refractivity (Wildman–Crippen MR) is 74.4 cm³/mol. The molecule has 0 saturated carbocycles. The van der Waals surface area contributed by atoms with Crippen molar-refractivity contribution in [3.8, 4) is 0 Å². The van der Waals surface area contributed by atoms with Crippen LogP contribution in [0.25, 0.3) is 0 Å². The van der Waals surface area contributed by atoms with Gasteiger partial charge in [0.05, 0.1) is 16.2 Å². The van der Waals surface area contributed by atoms with Crippen molar-refractivity contribution in [1.82, 2.24) is 0 Å². The Labute approximate surface area is 113 Å². The summed E-state index contributed by atoms with van der Waals surface area (Å²) >= 11 is 0. The molecule has 0 spiro atoms. The second-order valence-electron chi connectivity index (χ2n) is 4.76. The Kier molecular flexibility index (Phi) is 4.52. The molecule has 19 heavy (non-hydrogen) atoms. The molecule has 4 nitrogen and oxygen atoms in total. The molecule has 1 aromatic rings. The fourth-order valence-electron chi connectivity index (χ4n) is 1.82. The van der Waals surface area contributed by atoms with Crippen molar-refractivity contribution >= 4 is 15.8 Å². The number of aromatic carboxylic acids is 1. The summed E-state index contributed by atoms with van der Waals surface area (Å²) in [6.07, 6.45) is 0.373. The van der Waals surface area contributed by atoms with Crippen LogP contribution in [0.15, 0.2) is 29.2 Å². The molecule has 104 valence electrons. The predicted octanol–water partition coefficient (Wildman–Crippen LogP) is 2.74. The molecule has 0 aliphatic carbocycles. The maximum absolute atomic E-state index is 12.2. The second kappa shape index (κ2) is 5.57. The van der Waals surface area contributed by atoms with Crippen LogP contribution in [0.1, 0.15) is 34.8 Å². The van der Waals surface area contributed by atoms with E-state index >= 15 is 0 Å². The van der Waals surface area contributed by atoms with E-state index in [0.717, 1.165) is 5.57 Å². The van der Waals surface area contributed by atoms with Crippen LogP contribution in [0, 0.1) is 13.8 Å². The van der Waals surface area contributed by atoms with Crippen molar-refractivity contribution in [2.75, 3.05) is 5.75 Å². The number of carboxylic acids is 1. The number of allylic oxidation sites excluding steroid dienone is 1. The van der Waals surface area contributed by atoms with Crippen LogP contribution in [-0.4, -0.2) is 25.2 Å². The molecule has 0 aromatic heterocycles. The lowest BCUT2D eigenvalue weighted by atomic mass is 10.1. The summed E-state index contributed by atoms with van der Waals surface area (Å²) in [5.41, 5.74) is 1.94. The molecule has 0 atom stereocenters. The van der Waals surface area contributed by atoms with Crippen molar-refractivity contribution in [3.05, 3.63) is 41.0 Å². The molecule has 5 heteroatoms. The first-order chi connectivity index (χ1) is 8.65. The lowest BCUT2D eigenvalue weighted by Crippen LogP contribution is -2.11. The largest absolute Gasteiger partial charge is 0.478 e. The van der Waals surface area contributed by atoms with Crippen molar-refractivity contribution in [1.29, 1.82) is 0 Å². The van der Waals surface area contributed by atoms with E-state index < -0.39 is 15.8 Å². The van der Waals surface area contributed by atoms with Crippen molar-refractivity contribution in [3.63, 3.8) is 0 Å². The number of hydrogen-bond acceptors (Lipinski definition) is 3. The molecule has 0 amide bonds. The Morgan fingerprint density at radius 2 is 1.84 bits per heavy atom. The molecule has 0 saturated heterocycles. The number of sulfone groups is 1. The highest BCUT2D eigenvalue weighted by Crippen LogP contribution is 2.22. The first-order valence-electron chi connectivity index (χ1n) is 5.87. The number of hydrogen-bond donors (Lipinski definition) is 1. The van der Waals surface area contributed by atoms with Crippen LogP contribution in [0.2, 0.25) is 0 Å². The summed E-state index contributed by atoms with van der Waals surface area (Å²) < 4.78 is 24.4. The molecular weight excluding hydrogens is 264 g/mol. The average molecular weight is 282 g/mol. The van der Waals surface area contributed by atoms with E-state index in [1.165, 1.54) is 6.07 Å². The van der Waals surface area contributed by atoms with Gasteiger partial charge in [-0.25, -0.2) is 13.2 Å². The Morgan fingerprint density at radius 3 is 2.32 bits per heavy atom. The number of rotatable bonds is 5. The number of benzene rings is 1. The first kappa shape index (κ1) is 15.4. The van der Waals surface area contributed by atoms with Crippen LogP contribution in [0.3, 0.4) is 0 Å². The Morgan fingerprint density at radius 1 is 1.26 bits per heavy atom. The standard InChI is InChI=1S/C14H18O4S/c1-9(2)5-6-19(17,18)13-8-12(14(15)16)10(3)7-11(13)4/h7-8H,1,5-6H2,2-4H3,(H,15,16). The Hall–Kier alpha value is -1.62. The van der Waals surface area contributed by atoms with Gasteiger partial charge in [-0.15, -0.1) is 6.58 Å². The minimum absolute atomic E-state index is 0.0273. The molecule has 0 fully saturated rings. The SMILES string of the molecule is C=C(C)CCS(=O)(=O)c1cc(C(=O)O)c(C)cc1C. The van der Waals surface area contributed by atoms with Gasteiger partial charge in [0, 0.05) is 0 Å². The molecule has 1 aromatic carbocycles. The summed E-state index contributed by atoms with van der Waals surface area (Å²) in [6.45, 7) is 8.77. The van der Waals surface area contributed by atoms with Crippen LogP contribution in [0.5, 0.6) is 0 Å². The molecule has 1 rings (SSSR count). The lowest BCUT2D eigenvalue weighted by Gasteiger charge is -2.11.